The summed E-state index contributed by atoms with van der Waals surface area (Å²) in [6.07, 6.45) is 6.85. The molecule has 0 radical (unpaired) electrons. The van der Waals surface area contributed by atoms with Crippen LogP contribution in [0.25, 0.3) is 0 Å². The van der Waals surface area contributed by atoms with E-state index in [0.717, 1.165) is 32.7 Å². The van der Waals surface area contributed by atoms with Crippen molar-refractivity contribution in [3.8, 4) is 0 Å². The second-order valence-corrected chi connectivity index (χ2v) is 5.87. The fourth-order valence-corrected chi connectivity index (χ4v) is 2.86. The van der Waals surface area contributed by atoms with Gasteiger partial charge < -0.3 is 10.1 Å². The van der Waals surface area contributed by atoms with Gasteiger partial charge in [-0.3, -0.25) is 4.68 Å². The van der Waals surface area contributed by atoms with E-state index < -0.39 is 0 Å². The fraction of sp³-hybridized carbons (Fsp3) is 0.800. The highest BCUT2D eigenvalue weighted by Crippen LogP contribution is 2.26. The van der Waals surface area contributed by atoms with Crippen LogP contribution in [0.15, 0.2) is 12.4 Å². The molecule has 108 valence electrons. The van der Waals surface area contributed by atoms with E-state index in [1.807, 2.05) is 10.9 Å². The number of hydrogen-bond donors (Lipinski definition) is 1. The Hall–Kier alpha value is -0.870. The molecule has 0 aliphatic carbocycles. The summed E-state index contributed by atoms with van der Waals surface area (Å²) >= 11 is 0. The molecular formula is C15H27N3O. The molecule has 0 amide bonds. The van der Waals surface area contributed by atoms with Gasteiger partial charge in [-0.1, -0.05) is 20.8 Å². The first-order chi connectivity index (χ1) is 9.20. The van der Waals surface area contributed by atoms with E-state index in [-0.39, 0.29) is 0 Å². The topological polar surface area (TPSA) is 39.1 Å². The summed E-state index contributed by atoms with van der Waals surface area (Å²) in [7, 11) is 0. The number of nitrogens with one attached hydrogen (secondary N) is 1. The Morgan fingerprint density at radius 2 is 2.37 bits per heavy atom. The second kappa shape index (κ2) is 7.06. The minimum atomic E-state index is 0.426. The molecule has 1 N–H and O–H groups in total. The molecule has 1 fully saturated rings. The molecule has 1 aromatic heterocycles. The normalized spacial score (nSPS) is 23.4. The molecule has 19 heavy (non-hydrogen) atoms. The summed E-state index contributed by atoms with van der Waals surface area (Å²) in [6, 6.07) is 0. The minimum absolute atomic E-state index is 0.426. The number of nitrogens with zero attached hydrogens (tertiary/aromatic N) is 2. The number of hydrogen-bond acceptors (Lipinski definition) is 3. The van der Waals surface area contributed by atoms with E-state index in [4.69, 9.17) is 4.74 Å². The van der Waals surface area contributed by atoms with Gasteiger partial charge in [0.25, 0.3) is 0 Å². The van der Waals surface area contributed by atoms with Crippen molar-refractivity contribution in [2.45, 2.75) is 52.8 Å². The predicted octanol–water partition coefficient (Wildman–Crippen LogP) is 2.44. The van der Waals surface area contributed by atoms with E-state index in [1.165, 1.54) is 12.0 Å². The molecule has 1 aromatic rings. The van der Waals surface area contributed by atoms with E-state index in [9.17, 15) is 0 Å². The lowest BCUT2D eigenvalue weighted by atomic mass is 9.93. The molecule has 4 nitrogen and oxygen atoms in total. The smallest absolute Gasteiger partial charge is 0.0639 e. The zero-order valence-electron chi connectivity index (χ0n) is 12.4. The summed E-state index contributed by atoms with van der Waals surface area (Å²) in [5.74, 6) is 1.27. The first kappa shape index (κ1) is 14.5. The van der Waals surface area contributed by atoms with Crippen LogP contribution in [0.4, 0.5) is 0 Å². The molecule has 0 unspecified atom stereocenters. The summed E-state index contributed by atoms with van der Waals surface area (Å²) in [5, 5.41) is 7.90. The lowest BCUT2D eigenvalue weighted by Crippen LogP contribution is -2.31. The number of ether oxygens (including phenoxy) is 1. The van der Waals surface area contributed by atoms with Crippen LogP contribution in [0.5, 0.6) is 0 Å². The van der Waals surface area contributed by atoms with Crippen molar-refractivity contribution in [1.29, 1.82) is 0 Å². The number of rotatable bonds is 7. The van der Waals surface area contributed by atoms with Gasteiger partial charge in [0.05, 0.1) is 12.3 Å². The van der Waals surface area contributed by atoms with Gasteiger partial charge in [0.2, 0.25) is 0 Å². The standard InChI is InChI=1S/C15H27N3O/c1-4-6-18-11-13(9-17-18)8-16-10-14-5-7-19-15(14)12(2)3/h9,11-12,14-16H,4-8,10H2,1-3H3/t14-,15-/m1/s1. The summed E-state index contributed by atoms with van der Waals surface area (Å²) < 4.78 is 7.83. The monoisotopic (exact) mass is 265 g/mol. The molecule has 0 aromatic carbocycles. The van der Waals surface area contributed by atoms with Crippen molar-refractivity contribution < 1.29 is 4.74 Å². The van der Waals surface area contributed by atoms with Gasteiger partial charge in [-0.25, -0.2) is 0 Å². The van der Waals surface area contributed by atoms with E-state index in [1.54, 1.807) is 0 Å². The highest BCUT2D eigenvalue weighted by atomic mass is 16.5. The van der Waals surface area contributed by atoms with Crippen molar-refractivity contribution in [2.75, 3.05) is 13.2 Å². The maximum atomic E-state index is 5.81. The van der Waals surface area contributed by atoms with Crippen LogP contribution in [0.1, 0.15) is 39.2 Å². The Morgan fingerprint density at radius 1 is 1.53 bits per heavy atom. The van der Waals surface area contributed by atoms with Gasteiger partial charge in [0, 0.05) is 38.0 Å². The summed E-state index contributed by atoms with van der Waals surface area (Å²) in [5.41, 5.74) is 1.27. The van der Waals surface area contributed by atoms with Crippen LogP contribution in [0.2, 0.25) is 0 Å². The molecule has 0 bridgehead atoms. The van der Waals surface area contributed by atoms with Crippen LogP contribution in [0.3, 0.4) is 0 Å². The zero-order chi connectivity index (χ0) is 13.7. The van der Waals surface area contributed by atoms with Crippen molar-refractivity contribution in [2.24, 2.45) is 11.8 Å². The molecule has 4 heteroatoms. The van der Waals surface area contributed by atoms with Crippen molar-refractivity contribution in [3.05, 3.63) is 18.0 Å². The van der Waals surface area contributed by atoms with E-state index in [2.05, 4.69) is 37.4 Å². The van der Waals surface area contributed by atoms with Gasteiger partial charge in [0.15, 0.2) is 0 Å². The quantitative estimate of drug-likeness (QED) is 0.823. The third-order valence-electron chi connectivity index (χ3n) is 3.80. The molecule has 0 saturated carbocycles. The molecule has 2 atom stereocenters. The molecule has 0 spiro atoms. The van der Waals surface area contributed by atoms with Gasteiger partial charge in [-0.2, -0.15) is 5.10 Å². The molecule has 1 aliphatic heterocycles. The first-order valence-corrected chi connectivity index (χ1v) is 7.54. The van der Waals surface area contributed by atoms with Crippen LogP contribution in [-0.4, -0.2) is 29.0 Å². The predicted molar refractivity (Wildman–Crippen MR) is 76.9 cm³/mol. The molecule has 2 rings (SSSR count). The Labute approximate surface area is 116 Å². The molecule has 1 saturated heterocycles. The van der Waals surface area contributed by atoms with Crippen molar-refractivity contribution in [1.82, 2.24) is 15.1 Å². The Bertz CT molecular complexity index is 375. The number of aryl methyl sites for hydroxylation is 1. The third-order valence-corrected chi connectivity index (χ3v) is 3.80. The third kappa shape index (κ3) is 4.05. The largest absolute Gasteiger partial charge is 0.378 e. The molecule has 1 aliphatic rings. The maximum Gasteiger partial charge on any atom is 0.0639 e. The lowest BCUT2D eigenvalue weighted by molar-refractivity contribution is 0.0539. The molecule has 2 heterocycles. The summed E-state index contributed by atoms with van der Waals surface area (Å²) in [6.45, 7) is 10.5. The number of aromatic nitrogens is 2. The highest BCUT2D eigenvalue weighted by Gasteiger charge is 2.29. The summed E-state index contributed by atoms with van der Waals surface area (Å²) in [4.78, 5) is 0. The van der Waals surface area contributed by atoms with E-state index in [0.29, 0.717) is 17.9 Å². The Balaban J connectivity index is 1.73. The van der Waals surface area contributed by atoms with E-state index >= 15 is 0 Å². The van der Waals surface area contributed by atoms with Gasteiger partial charge in [0.1, 0.15) is 0 Å². The highest BCUT2D eigenvalue weighted by molar-refractivity contribution is 5.03. The maximum absolute atomic E-state index is 5.81. The average molecular weight is 265 g/mol. The average Bonchev–Trinajstić information content (AvgIpc) is 2.99. The van der Waals surface area contributed by atoms with Crippen LogP contribution in [-0.2, 0) is 17.8 Å². The van der Waals surface area contributed by atoms with Crippen LogP contribution >= 0.6 is 0 Å². The SMILES string of the molecule is CCCn1cc(CNC[C@H]2CCO[C@@H]2C(C)C)cn1. The lowest BCUT2D eigenvalue weighted by Gasteiger charge is -2.22. The molecular weight excluding hydrogens is 238 g/mol. The van der Waals surface area contributed by atoms with Crippen LogP contribution < -0.4 is 5.32 Å². The Kier molecular flexibility index (Phi) is 5.40. The minimum Gasteiger partial charge on any atom is -0.378 e. The van der Waals surface area contributed by atoms with Crippen molar-refractivity contribution in [3.63, 3.8) is 0 Å². The van der Waals surface area contributed by atoms with Gasteiger partial charge >= 0.3 is 0 Å². The first-order valence-electron chi connectivity index (χ1n) is 7.54. The second-order valence-electron chi connectivity index (χ2n) is 5.87. The Morgan fingerprint density at radius 3 is 3.11 bits per heavy atom. The zero-order valence-corrected chi connectivity index (χ0v) is 12.4. The van der Waals surface area contributed by atoms with Gasteiger partial charge in [-0.05, 0) is 24.7 Å². The van der Waals surface area contributed by atoms with Crippen LogP contribution in [0, 0.1) is 11.8 Å². The van der Waals surface area contributed by atoms with Gasteiger partial charge in [-0.15, -0.1) is 0 Å². The van der Waals surface area contributed by atoms with Crippen molar-refractivity contribution >= 4 is 0 Å². The fourth-order valence-electron chi connectivity index (χ4n) is 2.86.